The van der Waals surface area contributed by atoms with Crippen molar-refractivity contribution in [2.45, 2.75) is 32.9 Å². The molecule has 2 aliphatic heterocycles. The summed E-state index contributed by atoms with van der Waals surface area (Å²) in [6, 6.07) is 10.5. The van der Waals surface area contributed by atoms with Gasteiger partial charge in [-0.2, -0.15) is 0 Å². The van der Waals surface area contributed by atoms with Gasteiger partial charge in [0.1, 0.15) is 5.75 Å². The lowest BCUT2D eigenvalue weighted by Crippen LogP contribution is -2.51. The van der Waals surface area contributed by atoms with Gasteiger partial charge in [0, 0.05) is 57.6 Å². The Kier molecular flexibility index (Phi) is 7.20. The molecule has 6 nitrogen and oxygen atoms in total. The summed E-state index contributed by atoms with van der Waals surface area (Å²) in [6.45, 7) is 9.52. The third-order valence-corrected chi connectivity index (χ3v) is 6.64. The molecule has 2 aliphatic rings. The van der Waals surface area contributed by atoms with Crippen molar-refractivity contribution in [1.82, 2.24) is 19.7 Å². The van der Waals surface area contributed by atoms with Crippen LogP contribution in [0.2, 0.25) is 0 Å². The van der Waals surface area contributed by atoms with Gasteiger partial charge in [0.2, 0.25) is 5.91 Å². The molecule has 0 bridgehead atoms. The van der Waals surface area contributed by atoms with Crippen LogP contribution in [0.5, 0.6) is 5.75 Å². The summed E-state index contributed by atoms with van der Waals surface area (Å²) >= 11 is 0. The fraction of sp³-hybridized carbons (Fsp3) is 0.520. The van der Waals surface area contributed by atoms with E-state index in [0.29, 0.717) is 5.91 Å². The number of likely N-dealkylation sites (tertiary alicyclic amines) is 1. The van der Waals surface area contributed by atoms with Gasteiger partial charge in [-0.05, 0) is 67.7 Å². The summed E-state index contributed by atoms with van der Waals surface area (Å²) in [6.07, 6.45) is 5.63. The molecule has 1 aromatic heterocycles. The molecule has 2 aromatic rings. The summed E-state index contributed by atoms with van der Waals surface area (Å²) in [5.41, 5.74) is 3.77. The number of piperidine rings is 1. The molecule has 0 radical (unpaired) electrons. The van der Waals surface area contributed by atoms with E-state index in [1.54, 1.807) is 7.11 Å². The number of nitrogens with zero attached hydrogens (tertiary/aromatic N) is 4. The number of aryl methyl sites for hydroxylation is 1. The number of carbonyl (C=O) groups excluding carboxylic acids is 1. The molecule has 2 fully saturated rings. The Labute approximate surface area is 185 Å². The molecule has 0 N–H and O–H groups in total. The van der Waals surface area contributed by atoms with Crippen molar-refractivity contribution in [3.8, 4) is 5.75 Å². The average molecular weight is 423 g/mol. The van der Waals surface area contributed by atoms with E-state index in [-0.39, 0.29) is 5.92 Å². The number of methoxy groups -OCH3 is 1. The summed E-state index contributed by atoms with van der Waals surface area (Å²) in [5.74, 6) is 1.49. The third-order valence-electron chi connectivity index (χ3n) is 6.64. The highest BCUT2D eigenvalue weighted by atomic mass is 16.5. The largest absolute Gasteiger partial charge is 0.496 e. The standard InChI is InChI=1S/C25H34N4O2/c1-20-17-22(3-4-24(20)31-2)19-28-13-15-29(16-14-28)25(30)23-7-11-27(12-8-23)18-21-5-9-26-10-6-21/h3-6,9-10,17,23H,7-8,11-16,18-19H2,1-2H3. The molecule has 1 aromatic carbocycles. The monoisotopic (exact) mass is 422 g/mol. The third kappa shape index (κ3) is 5.63. The summed E-state index contributed by atoms with van der Waals surface area (Å²) < 4.78 is 5.36. The van der Waals surface area contributed by atoms with E-state index in [1.807, 2.05) is 18.5 Å². The zero-order valence-electron chi connectivity index (χ0n) is 18.8. The second kappa shape index (κ2) is 10.2. The van der Waals surface area contributed by atoms with E-state index in [4.69, 9.17) is 4.74 Å². The van der Waals surface area contributed by atoms with Gasteiger partial charge in [0.15, 0.2) is 0 Å². The van der Waals surface area contributed by atoms with Crippen molar-refractivity contribution in [2.24, 2.45) is 5.92 Å². The minimum atomic E-state index is 0.185. The maximum atomic E-state index is 13.1. The first-order valence-electron chi connectivity index (χ1n) is 11.4. The second-order valence-corrected chi connectivity index (χ2v) is 8.81. The molecule has 0 saturated carbocycles. The van der Waals surface area contributed by atoms with Gasteiger partial charge in [-0.3, -0.25) is 19.6 Å². The first kappa shape index (κ1) is 21.8. The summed E-state index contributed by atoms with van der Waals surface area (Å²) in [5, 5.41) is 0. The second-order valence-electron chi connectivity index (χ2n) is 8.81. The maximum absolute atomic E-state index is 13.1. The number of carbonyl (C=O) groups is 1. The van der Waals surface area contributed by atoms with E-state index in [2.05, 4.69) is 50.9 Å². The van der Waals surface area contributed by atoms with Crippen LogP contribution in [0, 0.1) is 12.8 Å². The SMILES string of the molecule is COc1ccc(CN2CCN(C(=O)C3CCN(Cc4ccncc4)CC3)CC2)cc1C. The van der Waals surface area contributed by atoms with Gasteiger partial charge < -0.3 is 9.64 Å². The number of rotatable bonds is 6. The van der Waals surface area contributed by atoms with Crippen LogP contribution in [0.1, 0.15) is 29.5 Å². The van der Waals surface area contributed by atoms with Crippen molar-refractivity contribution in [1.29, 1.82) is 0 Å². The molecule has 0 unspecified atom stereocenters. The van der Waals surface area contributed by atoms with Crippen LogP contribution >= 0.6 is 0 Å². The normalized spacial score (nSPS) is 18.8. The Balaban J connectivity index is 1.21. The lowest BCUT2D eigenvalue weighted by molar-refractivity contribution is -0.139. The average Bonchev–Trinajstić information content (AvgIpc) is 2.80. The molecule has 6 heteroatoms. The number of aromatic nitrogens is 1. The molecule has 0 atom stereocenters. The van der Waals surface area contributed by atoms with Crippen LogP contribution in [0.4, 0.5) is 0 Å². The van der Waals surface area contributed by atoms with Crippen LogP contribution < -0.4 is 4.74 Å². The number of benzene rings is 1. The Morgan fingerprint density at radius 1 is 0.935 bits per heavy atom. The number of hydrogen-bond donors (Lipinski definition) is 0. The maximum Gasteiger partial charge on any atom is 0.225 e. The molecule has 31 heavy (non-hydrogen) atoms. The molecule has 166 valence electrons. The molecule has 4 rings (SSSR count). The van der Waals surface area contributed by atoms with Gasteiger partial charge in [0.25, 0.3) is 0 Å². The summed E-state index contributed by atoms with van der Waals surface area (Å²) in [4.78, 5) is 24.1. The smallest absolute Gasteiger partial charge is 0.225 e. The van der Waals surface area contributed by atoms with Gasteiger partial charge >= 0.3 is 0 Å². The Morgan fingerprint density at radius 2 is 1.58 bits per heavy atom. The molecular formula is C25H34N4O2. The fourth-order valence-electron chi connectivity index (χ4n) is 4.77. The van der Waals surface area contributed by atoms with E-state index in [0.717, 1.165) is 70.9 Å². The van der Waals surface area contributed by atoms with E-state index in [1.165, 1.54) is 16.7 Å². The molecule has 2 saturated heterocycles. The van der Waals surface area contributed by atoms with Crippen molar-refractivity contribution < 1.29 is 9.53 Å². The van der Waals surface area contributed by atoms with Crippen LogP contribution in [0.15, 0.2) is 42.7 Å². The zero-order valence-corrected chi connectivity index (χ0v) is 18.8. The zero-order chi connectivity index (χ0) is 21.6. The Morgan fingerprint density at radius 3 is 2.23 bits per heavy atom. The van der Waals surface area contributed by atoms with Crippen LogP contribution in [-0.2, 0) is 17.9 Å². The van der Waals surface area contributed by atoms with Crippen LogP contribution in [-0.4, -0.2) is 72.0 Å². The number of piperazine rings is 1. The van der Waals surface area contributed by atoms with E-state index in [9.17, 15) is 4.79 Å². The fourth-order valence-corrected chi connectivity index (χ4v) is 4.77. The van der Waals surface area contributed by atoms with Crippen molar-refractivity contribution in [3.63, 3.8) is 0 Å². The topological polar surface area (TPSA) is 48.9 Å². The predicted molar refractivity (Wildman–Crippen MR) is 122 cm³/mol. The molecule has 0 spiro atoms. The first-order valence-corrected chi connectivity index (χ1v) is 11.4. The number of hydrogen-bond acceptors (Lipinski definition) is 5. The van der Waals surface area contributed by atoms with Gasteiger partial charge in [-0.1, -0.05) is 12.1 Å². The first-order chi connectivity index (χ1) is 15.1. The van der Waals surface area contributed by atoms with Gasteiger partial charge in [0.05, 0.1) is 7.11 Å². The van der Waals surface area contributed by atoms with Gasteiger partial charge in [-0.15, -0.1) is 0 Å². The van der Waals surface area contributed by atoms with E-state index < -0.39 is 0 Å². The quantitative estimate of drug-likeness (QED) is 0.716. The van der Waals surface area contributed by atoms with E-state index >= 15 is 0 Å². The Bertz CT molecular complexity index is 857. The van der Waals surface area contributed by atoms with Crippen LogP contribution in [0.3, 0.4) is 0 Å². The van der Waals surface area contributed by atoms with Crippen LogP contribution in [0.25, 0.3) is 0 Å². The predicted octanol–water partition coefficient (Wildman–Crippen LogP) is 2.96. The minimum Gasteiger partial charge on any atom is -0.496 e. The molecule has 0 aliphatic carbocycles. The highest BCUT2D eigenvalue weighted by Crippen LogP contribution is 2.23. The molecule has 3 heterocycles. The minimum absolute atomic E-state index is 0.185. The van der Waals surface area contributed by atoms with Crippen molar-refractivity contribution in [2.75, 3.05) is 46.4 Å². The highest BCUT2D eigenvalue weighted by molar-refractivity contribution is 5.79. The van der Waals surface area contributed by atoms with Crippen molar-refractivity contribution in [3.05, 3.63) is 59.4 Å². The number of pyridine rings is 1. The molecule has 1 amide bonds. The van der Waals surface area contributed by atoms with Crippen molar-refractivity contribution >= 4 is 5.91 Å². The number of ether oxygens (including phenoxy) is 1. The Hall–Kier alpha value is -2.44. The highest BCUT2D eigenvalue weighted by Gasteiger charge is 2.30. The lowest BCUT2D eigenvalue weighted by atomic mass is 9.94. The van der Waals surface area contributed by atoms with Gasteiger partial charge in [-0.25, -0.2) is 0 Å². The number of amides is 1. The lowest BCUT2D eigenvalue weighted by Gasteiger charge is -2.38. The summed E-state index contributed by atoms with van der Waals surface area (Å²) in [7, 11) is 1.71. The molecular weight excluding hydrogens is 388 g/mol.